The molecule has 0 radical (unpaired) electrons. The molecule has 11 heteroatoms. The van der Waals surface area contributed by atoms with E-state index in [1.165, 1.54) is 64.2 Å². The average molecular weight is 902 g/mol. The van der Waals surface area contributed by atoms with Gasteiger partial charge in [0, 0.05) is 31.5 Å². The minimum absolute atomic E-state index is 0.0344. The number of carbonyl (C=O) groups is 1. The van der Waals surface area contributed by atoms with Crippen LogP contribution in [0.25, 0.3) is 4.85 Å². The van der Waals surface area contributed by atoms with E-state index in [9.17, 15) is 4.79 Å². The summed E-state index contributed by atoms with van der Waals surface area (Å²) in [4.78, 5) is 17.3. The zero-order valence-electron chi connectivity index (χ0n) is 40.4. The maximum atomic E-state index is 13.7. The quantitative estimate of drug-likeness (QED) is 0.0287. The molecule has 0 aliphatic heterocycles. The first-order valence-corrected chi connectivity index (χ1v) is 25.3. The zero-order valence-corrected chi connectivity index (χ0v) is 41.3. The number of ether oxygens (including phenoxy) is 4. The Bertz CT molecular complexity index is 1700. The van der Waals surface area contributed by atoms with Gasteiger partial charge in [-0.3, -0.25) is 4.79 Å². The summed E-state index contributed by atoms with van der Waals surface area (Å²) in [6, 6.07) is 26.3. The Balaban J connectivity index is 1.59. The van der Waals surface area contributed by atoms with Crippen LogP contribution in [0.3, 0.4) is 0 Å². The van der Waals surface area contributed by atoms with Crippen LogP contribution in [0, 0.1) is 12.5 Å². The Morgan fingerprint density at radius 3 is 1.70 bits per heavy atom. The fraction of sp³-hybridized carbons (Fsp3) is 0.623. The number of benzene rings is 3. The predicted octanol–water partition coefficient (Wildman–Crippen LogP) is 12.7. The maximum Gasteiger partial charge on any atom is 0.259 e. The number of rotatable bonds is 32. The summed E-state index contributed by atoms with van der Waals surface area (Å²) < 4.78 is 40.8. The molecule has 1 amide bonds. The van der Waals surface area contributed by atoms with E-state index in [1.54, 1.807) is 21.3 Å². The van der Waals surface area contributed by atoms with Crippen molar-refractivity contribution in [1.29, 1.82) is 0 Å². The molecule has 5 atom stereocenters. The molecule has 4 rings (SSSR count). The molecule has 0 aromatic heterocycles. The lowest BCUT2D eigenvalue weighted by molar-refractivity contribution is -0.123. The van der Waals surface area contributed by atoms with Crippen LogP contribution in [0.15, 0.2) is 78.9 Å². The Kier molecular flexibility index (Phi) is 24.2. The Hall–Kier alpha value is -3.55. The van der Waals surface area contributed by atoms with Crippen LogP contribution in [0.4, 0.5) is 0 Å². The first kappa shape index (κ1) is 53.1. The first-order valence-electron chi connectivity index (χ1n) is 24.1. The van der Waals surface area contributed by atoms with Crippen LogP contribution in [-0.2, 0) is 28.9 Å². The van der Waals surface area contributed by atoms with Crippen molar-refractivity contribution in [2.75, 3.05) is 41.1 Å². The van der Waals surface area contributed by atoms with Gasteiger partial charge in [-0.05, 0) is 81.5 Å². The summed E-state index contributed by atoms with van der Waals surface area (Å²) in [7, 11) is 3.42. The van der Waals surface area contributed by atoms with Crippen LogP contribution in [-0.4, -0.2) is 82.0 Å². The first-order chi connectivity index (χ1) is 31.1. The summed E-state index contributed by atoms with van der Waals surface area (Å²) in [5, 5.41) is 3.39. The lowest BCUT2D eigenvalue weighted by Crippen LogP contribution is -2.45. The third-order valence-corrected chi connectivity index (χ3v) is 14.5. The molecular weight excluding hydrogens is 822 g/mol. The molecule has 0 spiro atoms. The summed E-state index contributed by atoms with van der Waals surface area (Å²) in [5.41, 5.74) is 1.78. The number of nitrogens with zero attached hydrogens (tertiary/aromatic N) is 2. The van der Waals surface area contributed by atoms with Crippen LogP contribution in [0.1, 0.15) is 148 Å². The minimum Gasteiger partial charge on any atom is -0.497 e. The smallest absolute Gasteiger partial charge is 0.259 e. The highest BCUT2D eigenvalue weighted by molar-refractivity contribution is 7.44. The van der Waals surface area contributed by atoms with Gasteiger partial charge in [0.25, 0.3) is 8.53 Å². The SMILES string of the molecule is [C-]#[N+]CCOP(OC1[C@@H](COC(c2ccccc2)(c2ccc(OC)cc2)c2ccc(OC)cc2)C[C@H](NC(=O)CCCCCCCCCCCCCCC)[C@H]1OC)N(C(C)C)C(C)C. The van der Waals surface area contributed by atoms with Crippen molar-refractivity contribution in [3.05, 3.63) is 107 Å². The summed E-state index contributed by atoms with van der Waals surface area (Å²) in [5.74, 6) is 1.32. The molecular formula is C53H80N3O7P. The Morgan fingerprint density at radius 2 is 1.23 bits per heavy atom. The van der Waals surface area contributed by atoms with Gasteiger partial charge in [-0.25, -0.2) is 11.2 Å². The predicted molar refractivity (Wildman–Crippen MR) is 261 cm³/mol. The fourth-order valence-electron chi connectivity index (χ4n) is 9.12. The molecule has 1 fully saturated rings. The van der Waals surface area contributed by atoms with E-state index in [2.05, 4.69) is 85.8 Å². The number of nitrogens with one attached hydrogen (secondary N) is 1. The van der Waals surface area contributed by atoms with E-state index < -0.39 is 26.3 Å². The highest BCUT2D eigenvalue weighted by atomic mass is 31.2. The van der Waals surface area contributed by atoms with Gasteiger partial charge in [-0.15, -0.1) is 0 Å². The van der Waals surface area contributed by atoms with E-state index in [1.807, 2.05) is 42.5 Å². The zero-order chi connectivity index (χ0) is 46.2. The lowest BCUT2D eigenvalue weighted by atomic mass is 9.79. The summed E-state index contributed by atoms with van der Waals surface area (Å²) >= 11 is 0. The number of amides is 1. The molecule has 10 nitrogen and oxygen atoms in total. The van der Waals surface area contributed by atoms with E-state index >= 15 is 0 Å². The van der Waals surface area contributed by atoms with Crippen LogP contribution < -0.4 is 14.8 Å². The minimum atomic E-state index is -1.62. The van der Waals surface area contributed by atoms with Crippen molar-refractivity contribution < 1.29 is 32.8 Å². The largest absolute Gasteiger partial charge is 0.497 e. The number of unbranched alkanes of at least 4 members (excludes halogenated alkanes) is 12. The molecule has 1 saturated carbocycles. The van der Waals surface area contributed by atoms with Gasteiger partial charge in [-0.1, -0.05) is 139 Å². The second kappa shape index (κ2) is 29.2. The molecule has 0 saturated heterocycles. The molecule has 0 bridgehead atoms. The Labute approximate surface area is 388 Å². The maximum absolute atomic E-state index is 13.7. The topological polar surface area (TPSA) is 92.1 Å². The van der Waals surface area contributed by atoms with Gasteiger partial charge in [-0.2, -0.15) is 0 Å². The molecule has 2 unspecified atom stereocenters. The fourth-order valence-corrected chi connectivity index (χ4v) is 10.9. The molecule has 1 aliphatic carbocycles. The van der Waals surface area contributed by atoms with Crippen molar-refractivity contribution in [3.63, 3.8) is 0 Å². The standard InChI is InChI=1S/C53H80N3O7P/c1-10-11-12-13-14-15-16-17-18-19-20-21-25-28-50(57)55-49-39-43(51(52(49)60-9)63-64(62-38-37-54-6)56(41(2)3)42(4)5)40-61-53(44-26-23-22-24-27-44,45-29-33-47(58-7)34-30-45)46-31-35-48(59-8)36-32-46/h22-24,26-27,29-36,41-43,49,51-52H,10-21,25,28,37-40H2,1-5,7-9H3,(H,55,57)/t43-,49+,51?,52-,64?/m1/s1. The second-order valence-corrected chi connectivity index (χ2v) is 19.2. The number of methoxy groups -OCH3 is 3. The molecule has 3 aromatic carbocycles. The lowest BCUT2D eigenvalue weighted by Gasteiger charge is -2.40. The molecule has 354 valence electrons. The van der Waals surface area contributed by atoms with Gasteiger partial charge < -0.3 is 38.2 Å². The highest BCUT2D eigenvalue weighted by Crippen LogP contribution is 2.51. The summed E-state index contributed by atoms with van der Waals surface area (Å²) in [6.07, 6.45) is 16.5. The molecule has 0 heterocycles. The van der Waals surface area contributed by atoms with Crippen molar-refractivity contribution in [2.24, 2.45) is 5.92 Å². The second-order valence-electron chi connectivity index (χ2n) is 17.8. The molecule has 1 N–H and O–H groups in total. The van der Waals surface area contributed by atoms with E-state index in [4.69, 9.17) is 34.6 Å². The van der Waals surface area contributed by atoms with Crippen LogP contribution >= 0.6 is 8.53 Å². The van der Waals surface area contributed by atoms with Gasteiger partial charge in [0.05, 0.1) is 33.0 Å². The number of hydrogen-bond donors (Lipinski definition) is 1. The van der Waals surface area contributed by atoms with E-state index in [0.29, 0.717) is 12.8 Å². The van der Waals surface area contributed by atoms with Gasteiger partial charge >= 0.3 is 0 Å². The third-order valence-electron chi connectivity index (χ3n) is 12.4. The normalized spacial score (nSPS) is 18.1. The monoisotopic (exact) mass is 902 g/mol. The van der Waals surface area contributed by atoms with Crippen molar-refractivity contribution in [1.82, 2.24) is 9.99 Å². The Morgan fingerprint density at radius 1 is 0.734 bits per heavy atom. The van der Waals surface area contributed by atoms with Gasteiger partial charge in [0.15, 0.2) is 0 Å². The van der Waals surface area contributed by atoms with Gasteiger partial charge in [0.1, 0.15) is 29.8 Å². The van der Waals surface area contributed by atoms with E-state index in [-0.39, 0.29) is 49.7 Å². The van der Waals surface area contributed by atoms with Gasteiger partial charge in [0.2, 0.25) is 12.5 Å². The van der Waals surface area contributed by atoms with E-state index in [0.717, 1.165) is 47.5 Å². The van der Waals surface area contributed by atoms with Crippen molar-refractivity contribution in [3.8, 4) is 11.5 Å². The van der Waals surface area contributed by atoms with Crippen LogP contribution in [0.5, 0.6) is 11.5 Å². The van der Waals surface area contributed by atoms with Crippen molar-refractivity contribution in [2.45, 2.75) is 167 Å². The van der Waals surface area contributed by atoms with Crippen LogP contribution in [0.2, 0.25) is 0 Å². The molecule has 64 heavy (non-hydrogen) atoms. The van der Waals surface area contributed by atoms with Crippen molar-refractivity contribution >= 4 is 14.4 Å². The number of carbonyl (C=O) groups excluding carboxylic acids is 1. The average Bonchev–Trinajstić information content (AvgIpc) is 3.63. The highest BCUT2D eigenvalue weighted by Gasteiger charge is 2.49. The molecule has 1 aliphatic rings. The summed E-state index contributed by atoms with van der Waals surface area (Å²) in [6.45, 7) is 19.0. The molecule has 3 aromatic rings. The third kappa shape index (κ3) is 15.8. The number of hydrogen-bond acceptors (Lipinski definition) is 8.